The summed E-state index contributed by atoms with van der Waals surface area (Å²) in [5.74, 6) is -0.559. The molecule has 0 bridgehead atoms. The Labute approximate surface area is 152 Å². The van der Waals surface area contributed by atoms with Gasteiger partial charge in [0.2, 0.25) is 5.76 Å². The molecule has 5 heteroatoms. The molecule has 0 atom stereocenters. The van der Waals surface area contributed by atoms with Crippen molar-refractivity contribution in [3.63, 3.8) is 0 Å². The lowest BCUT2D eigenvalue weighted by atomic mass is 10.1. The van der Waals surface area contributed by atoms with Crippen molar-refractivity contribution in [2.75, 3.05) is 5.32 Å². The van der Waals surface area contributed by atoms with Gasteiger partial charge in [-0.25, -0.2) is 0 Å². The zero-order valence-corrected chi connectivity index (χ0v) is 15.3. The maximum Gasteiger partial charge on any atom is 0.289 e. The van der Waals surface area contributed by atoms with E-state index in [-0.39, 0.29) is 17.6 Å². The lowest BCUT2D eigenvalue weighted by molar-refractivity contribution is 0.0894. The Bertz CT molecular complexity index is 963. The minimum atomic E-state index is -0.422. The highest BCUT2D eigenvalue weighted by atomic mass is 16.3. The Morgan fingerprint density at radius 2 is 1.58 bits per heavy atom. The summed E-state index contributed by atoms with van der Waals surface area (Å²) >= 11 is 0. The van der Waals surface area contributed by atoms with Crippen molar-refractivity contribution < 1.29 is 14.0 Å². The van der Waals surface area contributed by atoms with Crippen LogP contribution in [0.5, 0.6) is 0 Å². The number of benzene rings is 2. The molecule has 2 aromatic carbocycles. The fourth-order valence-corrected chi connectivity index (χ4v) is 2.62. The molecule has 3 rings (SSSR count). The summed E-state index contributed by atoms with van der Waals surface area (Å²) in [6, 6.07) is 14.5. The number of fused-ring (bicyclic) bond motifs is 1. The number of nitrogens with one attached hydrogen (secondary N) is 2. The van der Waals surface area contributed by atoms with Crippen LogP contribution in [-0.2, 0) is 0 Å². The maximum absolute atomic E-state index is 12.7. The molecule has 26 heavy (non-hydrogen) atoms. The van der Waals surface area contributed by atoms with Gasteiger partial charge in [0, 0.05) is 16.5 Å². The predicted octanol–water partition coefficient (Wildman–Crippen LogP) is 4.52. The molecule has 0 aliphatic rings. The third-order valence-electron chi connectivity index (χ3n) is 3.84. The number of hydrogen-bond donors (Lipinski definition) is 2. The Balaban J connectivity index is 2.00. The highest BCUT2D eigenvalue weighted by Gasteiger charge is 2.25. The molecule has 0 saturated carbocycles. The zero-order chi connectivity index (χ0) is 18.9. The van der Waals surface area contributed by atoms with Crippen LogP contribution >= 0.6 is 0 Å². The molecule has 0 radical (unpaired) electrons. The summed E-state index contributed by atoms with van der Waals surface area (Å²) in [7, 11) is 0. The average Bonchev–Trinajstić information content (AvgIpc) is 2.93. The van der Waals surface area contributed by atoms with E-state index in [1.54, 1.807) is 18.2 Å². The lowest BCUT2D eigenvalue weighted by Gasteiger charge is -2.20. The molecule has 0 aliphatic carbocycles. The Morgan fingerprint density at radius 3 is 2.23 bits per heavy atom. The summed E-state index contributed by atoms with van der Waals surface area (Å²) in [6.07, 6.45) is 0. The van der Waals surface area contributed by atoms with Crippen molar-refractivity contribution in [3.05, 3.63) is 65.4 Å². The first-order valence-electron chi connectivity index (χ1n) is 8.47. The molecule has 0 spiro atoms. The monoisotopic (exact) mass is 350 g/mol. The van der Waals surface area contributed by atoms with Crippen molar-refractivity contribution in [3.8, 4) is 0 Å². The van der Waals surface area contributed by atoms with Crippen molar-refractivity contribution >= 4 is 28.5 Å². The number of para-hydroxylation sites is 1. The molecule has 5 nitrogen and oxygen atoms in total. The molecule has 134 valence electrons. The molecular weight excluding hydrogens is 328 g/mol. The van der Waals surface area contributed by atoms with E-state index in [2.05, 4.69) is 10.6 Å². The fourth-order valence-electron chi connectivity index (χ4n) is 2.62. The zero-order valence-electron chi connectivity index (χ0n) is 15.3. The number of furan rings is 1. The summed E-state index contributed by atoms with van der Waals surface area (Å²) in [4.78, 5) is 25.3. The molecule has 0 unspecified atom stereocenters. The molecule has 2 N–H and O–H groups in total. The van der Waals surface area contributed by atoms with Gasteiger partial charge in [0.25, 0.3) is 11.8 Å². The molecule has 2 amide bonds. The second kappa shape index (κ2) is 6.67. The average molecular weight is 350 g/mol. The molecular formula is C21H22N2O3. The number of carbonyl (C=O) groups is 2. The van der Waals surface area contributed by atoms with Gasteiger partial charge in [-0.3, -0.25) is 9.59 Å². The largest absolute Gasteiger partial charge is 0.449 e. The lowest BCUT2D eigenvalue weighted by Crippen LogP contribution is -2.40. The van der Waals surface area contributed by atoms with Crippen molar-refractivity contribution in [2.45, 2.75) is 33.2 Å². The van der Waals surface area contributed by atoms with Crippen LogP contribution in [0.4, 0.5) is 5.69 Å². The normalized spacial score (nSPS) is 11.4. The van der Waals surface area contributed by atoms with Gasteiger partial charge in [-0.05, 0) is 52.0 Å². The smallest absolute Gasteiger partial charge is 0.289 e. The predicted molar refractivity (Wildman–Crippen MR) is 103 cm³/mol. The van der Waals surface area contributed by atoms with Gasteiger partial charge in [0.1, 0.15) is 11.3 Å². The van der Waals surface area contributed by atoms with E-state index in [0.29, 0.717) is 22.2 Å². The van der Waals surface area contributed by atoms with Crippen LogP contribution in [0, 0.1) is 6.92 Å². The summed E-state index contributed by atoms with van der Waals surface area (Å²) in [5, 5.41) is 6.40. The first-order valence-corrected chi connectivity index (χ1v) is 8.47. The van der Waals surface area contributed by atoms with Crippen molar-refractivity contribution in [1.29, 1.82) is 0 Å². The summed E-state index contributed by atoms with van der Waals surface area (Å²) in [6.45, 7) is 7.62. The third kappa shape index (κ3) is 3.77. The second-order valence-corrected chi connectivity index (χ2v) is 7.33. The van der Waals surface area contributed by atoms with Crippen LogP contribution in [0.3, 0.4) is 0 Å². The van der Waals surface area contributed by atoms with E-state index in [0.717, 1.165) is 5.56 Å². The molecule has 1 heterocycles. The van der Waals surface area contributed by atoms with E-state index < -0.39 is 5.54 Å². The first-order chi connectivity index (χ1) is 12.2. The minimum Gasteiger partial charge on any atom is -0.449 e. The van der Waals surface area contributed by atoms with Gasteiger partial charge in [-0.1, -0.05) is 29.8 Å². The second-order valence-electron chi connectivity index (χ2n) is 7.33. The quantitative estimate of drug-likeness (QED) is 0.729. The van der Waals surface area contributed by atoms with Crippen LogP contribution in [-0.4, -0.2) is 17.4 Å². The van der Waals surface area contributed by atoms with E-state index >= 15 is 0 Å². The topological polar surface area (TPSA) is 71.3 Å². The van der Waals surface area contributed by atoms with E-state index in [1.807, 2.05) is 58.0 Å². The number of amides is 2. The highest BCUT2D eigenvalue weighted by Crippen LogP contribution is 2.31. The molecule has 0 saturated heterocycles. The van der Waals surface area contributed by atoms with Gasteiger partial charge in [0.05, 0.1) is 0 Å². The minimum absolute atomic E-state index is 0.0987. The standard InChI is InChI=1S/C21H22N2O3/c1-13-9-11-14(12-10-13)19(24)22-17-15-7-5-6-8-16(15)26-18(17)20(25)23-21(2,3)4/h5-12H,1-4H3,(H,22,24)(H,23,25). The van der Waals surface area contributed by atoms with E-state index in [1.165, 1.54) is 0 Å². The number of rotatable bonds is 3. The van der Waals surface area contributed by atoms with Crippen LogP contribution in [0.2, 0.25) is 0 Å². The number of carbonyl (C=O) groups excluding carboxylic acids is 2. The van der Waals surface area contributed by atoms with Crippen LogP contribution in [0.1, 0.15) is 47.2 Å². The number of aryl methyl sites for hydroxylation is 1. The van der Waals surface area contributed by atoms with Crippen molar-refractivity contribution in [1.82, 2.24) is 5.32 Å². The molecule has 0 fully saturated rings. The summed E-state index contributed by atoms with van der Waals surface area (Å²) in [5.41, 5.74) is 2.09. The Kier molecular flexibility index (Phi) is 4.55. The fraction of sp³-hybridized carbons (Fsp3) is 0.238. The SMILES string of the molecule is Cc1ccc(C(=O)Nc2c(C(=O)NC(C)(C)C)oc3ccccc23)cc1. The highest BCUT2D eigenvalue weighted by molar-refractivity contribution is 6.14. The first kappa shape index (κ1) is 17.7. The third-order valence-corrected chi connectivity index (χ3v) is 3.84. The molecule has 0 aliphatic heterocycles. The molecule has 1 aromatic heterocycles. The van der Waals surface area contributed by atoms with Crippen LogP contribution in [0.15, 0.2) is 52.9 Å². The summed E-state index contributed by atoms with van der Waals surface area (Å²) < 4.78 is 5.74. The van der Waals surface area contributed by atoms with Crippen LogP contribution < -0.4 is 10.6 Å². The number of anilines is 1. The van der Waals surface area contributed by atoms with Gasteiger partial charge in [-0.2, -0.15) is 0 Å². The van der Waals surface area contributed by atoms with Gasteiger partial charge < -0.3 is 15.1 Å². The van der Waals surface area contributed by atoms with E-state index in [4.69, 9.17) is 4.42 Å². The van der Waals surface area contributed by atoms with Crippen LogP contribution in [0.25, 0.3) is 11.0 Å². The van der Waals surface area contributed by atoms with Gasteiger partial charge in [0.15, 0.2) is 0 Å². The number of hydrogen-bond acceptors (Lipinski definition) is 3. The van der Waals surface area contributed by atoms with Gasteiger partial charge in [-0.15, -0.1) is 0 Å². The Hall–Kier alpha value is -3.08. The van der Waals surface area contributed by atoms with E-state index in [9.17, 15) is 9.59 Å². The van der Waals surface area contributed by atoms with Gasteiger partial charge >= 0.3 is 0 Å². The molecule has 3 aromatic rings. The Morgan fingerprint density at radius 1 is 0.923 bits per heavy atom. The van der Waals surface area contributed by atoms with Crippen molar-refractivity contribution in [2.24, 2.45) is 0 Å². The maximum atomic E-state index is 12.7.